The first-order chi connectivity index (χ1) is 41.3. The molecule has 24 heteroatoms. The van der Waals surface area contributed by atoms with Crippen LogP contribution in [0.25, 0.3) is 0 Å². The number of nitrogens with one attached hydrogen (secondary N) is 4. The topological polar surface area (TPSA) is 356 Å². The molecule has 88 heavy (non-hydrogen) atoms. The highest BCUT2D eigenvalue weighted by molar-refractivity contribution is 6.24. The van der Waals surface area contributed by atoms with Crippen molar-refractivity contribution >= 4 is 47.1 Å². The molecule has 4 aliphatic rings. The van der Waals surface area contributed by atoms with Gasteiger partial charge in [-0.25, -0.2) is 9.59 Å². The number of carbonyl (C=O) groups excluding carboxylic acids is 8. The van der Waals surface area contributed by atoms with Gasteiger partial charge in [-0.2, -0.15) is 0 Å². The number of Topliss-reactive ketones (excluding diaryl/α,β-unsaturated/α-hetero) is 2. The van der Waals surface area contributed by atoms with Crippen molar-refractivity contribution in [3.05, 3.63) is 105 Å². The summed E-state index contributed by atoms with van der Waals surface area (Å²) >= 11 is 0. The van der Waals surface area contributed by atoms with Crippen molar-refractivity contribution < 1.29 is 82.1 Å². The van der Waals surface area contributed by atoms with Crippen molar-refractivity contribution in [1.82, 2.24) is 26.2 Å². The molecule has 11 N–H and O–H groups in total. The van der Waals surface area contributed by atoms with Gasteiger partial charge in [0.1, 0.15) is 12.2 Å². The van der Waals surface area contributed by atoms with Crippen molar-refractivity contribution in [2.24, 2.45) is 41.1 Å². The second-order valence-corrected chi connectivity index (χ2v) is 23.6. The molecule has 2 unspecified atom stereocenters. The van der Waals surface area contributed by atoms with E-state index in [1.54, 1.807) is 52.0 Å². The van der Waals surface area contributed by atoms with Crippen LogP contribution in [0.15, 0.2) is 105 Å². The molecular weight excluding hydrogens is 1140 g/mol. The van der Waals surface area contributed by atoms with Gasteiger partial charge in [0, 0.05) is 94.4 Å². The molecule has 4 amide bonds. The summed E-state index contributed by atoms with van der Waals surface area (Å²) in [7, 11) is 9.59. The van der Waals surface area contributed by atoms with Crippen LogP contribution >= 0.6 is 0 Å². The Kier molecular flexibility index (Phi) is 30.8. The number of rotatable bonds is 13. The minimum Gasteiger partial charge on any atom is -0.439 e. The maximum atomic E-state index is 13.7. The minimum atomic E-state index is -1.25. The molecule has 2 aliphatic heterocycles. The van der Waals surface area contributed by atoms with Crippen molar-refractivity contribution in [3.8, 4) is 0 Å². The van der Waals surface area contributed by atoms with Crippen LogP contribution in [0.2, 0.25) is 0 Å². The number of carbonyl (C=O) groups is 8. The van der Waals surface area contributed by atoms with Crippen molar-refractivity contribution in [1.29, 1.82) is 0 Å². The van der Waals surface area contributed by atoms with E-state index in [-0.39, 0.29) is 83.1 Å². The standard InChI is InChI=1S/C32H50N4O9.C32H47N3O8/c1-17-13-21-26(34-11-12-36(5)6)24(38)16-22(28(21)40)35-31(41)18(2)9-10-23(37)30(44-8)29(45-32(33)42)20(4)15-19(3)27(39)25(14-17)43-7;1-9-12-34-26-22-13-17(2)14-25(41-7)27(37)20(5)15-21(6)30(43-32(33)40)29(42-8)18(3)10-11-19(4)31(39)35-23(28(22)38)16-24(26)36/h9,15-17,19,23,25,27,29-30,34,37,39H,10-14H2,1-8H3,(H2,33,42)(H,35,41);9,11,15-18,20,25,27,29-30,34,37H,1,10,12-14H2,2-8H3,(H2,33,40)(H,35,39)/b18-9+,20-15+;19-11+,21-15+/t17-,19+,23?,25+,27-,29+,30+;17-,18?,20+,25+,27-,29+,30+/m11/s1. The van der Waals surface area contributed by atoms with Crippen molar-refractivity contribution in [2.75, 3.05) is 62.2 Å². The lowest BCUT2D eigenvalue weighted by Gasteiger charge is -2.32. The number of aliphatic hydroxyl groups excluding tert-OH is 3. The fourth-order valence-electron chi connectivity index (χ4n) is 11.0. The van der Waals surface area contributed by atoms with E-state index in [1.807, 2.05) is 46.7 Å². The highest BCUT2D eigenvalue weighted by atomic mass is 16.6. The lowest BCUT2D eigenvalue weighted by atomic mass is 9.85. The molecule has 0 fully saturated rings. The number of allylic oxidation sites excluding steroid dienone is 5. The Morgan fingerprint density at radius 2 is 1.06 bits per heavy atom. The summed E-state index contributed by atoms with van der Waals surface area (Å²) < 4.78 is 33.4. The lowest BCUT2D eigenvalue weighted by molar-refractivity contribution is -0.120. The summed E-state index contributed by atoms with van der Waals surface area (Å²) in [5.41, 5.74) is 12.9. The third kappa shape index (κ3) is 21.7. The molecule has 2 aliphatic carbocycles. The number of nitrogens with zero attached hydrogens (tertiary/aromatic N) is 1. The summed E-state index contributed by atoms with van der Waals surface area (Å²) in [6, 6.07) is 0. The van der Waals surface area contributed by atoms with E-state index in [0.29, 0.717) is 49.1 Å². The van der Waals surface area contributed by atoms with Gasteiger partial charge >= 0.3 is 12.2 Å². The predicted octanol–water partition coefficient (Wildman–Crippen LogP) is 4.12. The zero-order valence-corrected chi connectivity index (χ0v) is 53.9. The van der Waals surface area contributed by atoms with Crippen LogP contribution in [0.3, 0.4) is 0 Å². The van der Waals surface area contributed by atoms with Gasteiger partial charge in [-0.05, 0) is 109 Å². The van der Waals surface area contributed by atoms with Gasteiger partial charge in [0.25, 0.3) is 11.8 Å². The average Bonchev–Trinajstić information content (AvgIpc) is 3.65. The number of hydrogen-bond donors (Lipinski definition) is 9. The normalized spacial score (nSPS) is 32.2. The number of aliphatic hydroxyl groups is 3. The number of amides is 4. The van der Waals surface area contributed by atoms with Gasteiger partial charge in [0.2, 0.25) is 23.1 Å². The predicted molar refractivity (Wildman–Crippen MR) is 330 cm³/mol. The first-order valence-corrected chi connectivity index (χ1v) is 29.6. The maximum absolute atomic E-state index is 13.7. The first kappa shape index (κ1) is 75.4. The van der Waals surface area contributed by atoms with Crippen LogP contribution in [0.5, 0.6) is 0 Å². The average molecular weight is 1240 g/mol. The van der Waals surface area contributed by atoms with Crippen LogP contribution < -0.4 is 32.7 Å². The second kappa shape index (κ2) is 35.9. The lowest BCUT2D eigenvalue weighted by Crippen LogP contribution is -2.43. The number of primary amides is 2. The molecule has 0 radical (unpaired) electrons. The van der Waals surface area contributed by atoms with Gasteiger partial charge in [-0.3, -0.25) is 28.8 Å². The largest absolute Gasteiger partial charge is 0.439 e. The quantitative estimate of drug-likeness (QED) is 0.0925. The number of ether oxygens (including phenoxy) is 6. The number of methoxy groups -OCH3 is 4. The molecule has 0 saturated carbocycles. The molecule has 0 saturated heterocycles. The van der Waals surface area contributed by atoms with E-state index >= 15 is 0 Å². The number of hydrogen-bond acceptors (Lipinski definition) is 20. The Hall–Kier alpha value is -6.90. The number of fused-ring (bicyclic) bond motifs is 4. The molecule has 14 atom stereocenters. The van der Waals surface area contributed by atoms with Crippen LogP contribution in [0.1, 0.15) is 101 Å². The minimum absolute atomic E-state index is 0.0812. The molecule has 4 rings (SSSR count). The molecule has 490 valence electrons. The van der Waals surface area contributed by atoms with Crippen LogP contribution in [0, 0.1) is 29.6 Å². The van der Waals surface area contributed by atoms with Gasteiger partial charge in [0.15, 0.2) is 12.2 Å². The Bertz CT molecular complexity index is 2790. The van der Waals surface area contributed by atoms with Gasteiger partial charge < -0.3 is 81.4 Å². The third-order valence-corrected chi connectivity index (χ3v) is 16.0. The Labute approximate surface area is 518 Å². The van der Waals surface area contributed by atoms with E-state index in [9.17, 15) is 53.7 Å². The van der Waals surface area contributed by atoms with Gasteiger partial charge in [0.05, 0.1) is 53.3 Å². The molecular formula is C64H97N7O17. The van der Waals surface area contributed by atoms with Crippen molar-refractivity contribution in [2.45, 2.75) is 156 Å². The van der Waals surface area contributed by atoms with Crippen LogP contribution in [-0.4, -0.2) is 184 Å². The smallest absolute Gasteiger partial charge is 0.405 e. The number of ketones is 4. The van der Waals surface area contributed by atoms with E-state index in [1.165, 1.54) is 41.4 Å². The zero-order valence-electron chi connectivity index (χ0n) is 53.9. The molecule has 2 heterocycles. The fourth-order valence-corrected chi connectivity index (χ4v) is 11.0. The first-order valence-electron chi connectivity index (χ1n) is 29.6. The molecule has 4 bridgehead atoms. The summed E-state index contributed by atoms with van der Waals surface area (Å²) in [5.74, 6) is -4.57. The summed E-state index contributed by atoms with van der Waals surface area (Å²) in [4.78, 5) is 105. The molecule has 0 aromatic rings. The van der Waals surface area contributed by atoms with Crippen LogP contribution in [-0.2, 0) is 57.2 Å². The highest BCUT2D eigenvalue weighted by Gasteiger charge is 2.38. The Balaban J connectivity index is 0.000000461. The monoisotopic (exact) mass is 1240 g/mol. The van der Waals surface area contributed by atoms with Crippen molar-refractivity contribution in [3.63, 3.8) is 0 Å². The molecule has 0 aromatic carbocycles. The third-order valence-electron chi connectivity index (χ3n) is 16.0. The Morgan fingerprint density at radius 1 is 0.648 bits per heavy atom. The van der Waals surface area contributed by atoms with Gasteiger partial charge in [-0.15, -0.1) is 6.58 Å². The summed E-state index contributed by atoms with van der Waals surface area (Å²) in [6.07, 6.45) is 1.64. The highest BCUT2D eigenvalue weighted by Crippen LogP contribution is 2.32. The van der Waals surface area contributed by atoms with E-state index < -0.39 is 114 Å². The molecule has 0 aromatic heterocycles. The maximum Gasteiger partial charge on any atom is 0.405 e. The fraction of sp³-hybridized carbons (Fsp3) is 0.594. The van der Waals surface area contributed by atoms with E-state index in [4.69, 9.17) is 39.9 Å². The number of nitrogens with two attached hydrogens (primary N) is 2. The second-order valence-electron chi connectivity index (χ2n) is 23.6. The molecule has 24 nitrogen and oxygen atoms in total. The zero-order chi connectivity index (χ0) is 66.4. The number of likely N-dealkylation sites (N-methyl/N-ethyl adjacent to an activating group) is 1. The summed E-state index contributed by atoms with van der Waals surface area (Å²) in [6.45, 7) is 20.8. The van der Waals surface area contributed by atoms with E-state index in [2.05, 4.69) is 27.8 Å². The Morgan fingerprint density at radius 3 is 1.44 bits per heavy atom. The van der Waals surface area contributed by atoms with Gasteiger partial charge in [-0.1, -0.05) is 65.0 Å². The molecule has 0 spiro atoms. The van der Waals surface area contributed by atoms with Crippen LogP contribution in [0.4, 0.5) is 9.59 Å². The summed E-state index contributed by atoms with van der Waals surface area (Å²) in [5, 5.41) is 44.9. The van der Waals surface area contributed by atoms with E-state index in [0.717, 1.165) is 12.2 Å². The SMILES string of the molecule is C=CCNC1=C2C[C@@H](C)C[C@H](OC)[C@H](O)[C@@H](C)/C=C(\C)[C@H](OC(N)=O)[C@@H](OC)C(C)C/C=C(\C)C(=O)NC(=CC1=O)C2=O.CO[C@H]1C[C@H](C)CC2=C(NCCN(C)C)C(=O)C=C(NC(=O)/C(C)=C/CC(O)[C@H](OC)[C@@H](OC(N)=O)/C(C)=C/[C@H](C)[C@H]1O)C2=O.